The predicted octanol–water partition coefficient (Wildman–Crippen LogP) is 8.95. The molecule has 5 rings (SSSR count). The fraction of sp³-hybridized carbons (Fsp3) is 0.297. The van der Waals surface area contributed by atoms with Crippen LogP contribution in [-0.2, 0) is 38.8 Å². The summed E-state index contributed by atoms with van der Waals surface area (Å²) in [6.07, 6.45) is -0.465. The van der Waals surface area contributed by atoms with E-state index in [2.05, 4.69) is 5.32 Å². The largest absolute Gasteiger partial charge is 0.417 e. The molecule has 1 fully saturated rings. The monoisotopic (exact) mass is 779 g/mol. The molecule has 1 N–H and O–H groups in total. The Morgan fingerprint density at radius 3 is 2.02 bits per heavy atom. The third kappa shape index (κ3) is 9.57. The number of benzene rings is 4. The molecular weight excluding hydrogens is 746 g/mol. The highest BCUT2D eigenvalue weighted by molar-refractivity contribution is 7.92. The first-order valence-corrected chi connectivity index (χ1v) is 18.8. The third-order valence-electron chi connectivity index (χ3n) is 8.77. The van der Waals surface area contributed by atoms with E-state index in [1.54, 1.807) is 54.6 Å². The average Bonchev–Trinajstić information content (AvgIpc) is 3.10. The SMILES string of the molecule is O=C(NC1CCCCC1)C(Cc1ccccc1)N(Cc1c(Cl)cccc1Cl)C(=O)CN(c1ccc(Cl)c(C(F)(F)F)c1)S(=O)(=O)c1ccccc1. The quantitative estimate of drug-likeness (QED) is 0.156. The second kappa shape index (κ2) is 16.7. The number of halogens is 6. The van der Waals surface area contributed by atoms with Crippen molar-refractivity contribution in [2.24, 2.45) is 0 Å². The van der Waals surface area contributed by atoms with Crippen LogP contribution in [0.15, 0.2) is 102 Å². The van der Waals surface area contributed by atoms with Crippen molar-refractivity contribution in [1.29, 1.82) is 0 Å². The predicted molar refractivity (Wildman–Crippen MR) is 193 cm³/mol. The van der Waals surface area contributed by atoms with Gasteiger partial charge in [0.15, 0.2) is 0 Å². The van der Waals surface area contributed by atoms with Crippen molar-refractivity contribution in [2.45, 2.75) is 68.2 Å². The third-order valence-corrected chi connectivity index (χ3v) is 11.6. The molecule has 0 radical (unpaired) electrons. The van der Waals surface area contributed by atoms with Crippen molar-refractivity contribution < 1.29 is 31.2 Å². The average molecular weight is 781 g/mol. The number of alkyl halides is 3. The van der Waals surface area contributed by atoms with E-state index in [1.165, 1.54) is 29.2 Å². The molecule has 14 heteroatoms. The van der Waals surface area contributed by atoms with E-state index in [9.17, 15) is 31.2 Å². The molecular formula is C37H35Cl3F3N3O4S. The molecule has 270 valence electrons. The number of carbonyl (C=O) groups excluding carboxylic acids is 2. The van der Waals surface area contributed by atoms with Gasteiger partial charge in [0.2, 0.25) is 11.8 Å². The van der Waals surface area contributed by atoms with E-state index in [-0.39, 0.29) is 33.9 Å². The first-order valence-electron chi connectivity index (χ1n) is 16.3. The van der Waals surface area contributed by atoms with E-state index >= 15 is 0 Å². The summed E-state index contributed by atoms with van der Waals surface area (Å²) in [4.78, 5) is 29.9. The summed E-state index contributed by atoms with van der Waals surface area (Å²) in [7, 11) is -4.65. The Morgan fingerprint density at radius 2 is 1.41 bits per heavy atom. The summed E-state index contributed by atoms with van der Waals surface area (Å²) >= 11 is 19.0. The summed E-state index contributed by atoms with van der Waals surface area (Å²) in [6.45, 7) is -1.28. The lowest BCUT2D eigenvalue weighted by molar-refractivity contribution is -0.140. The van der Waals surface area contributed by atoms with Gasteiger partial charge in [-0.3, -0.25) is 13.9 Å². The molecule has 51 heavy (non-hydrogen) atoms. The summed E-state index contributed by atoms with van der Waals surface area (Å²) in [5.41, 5.74) is -0.714. The van der Waals surface area contributed by atoms with Gasteiger partial charge in [-0.2, -0.15) is 13.2 Å². The van der Waals surface area contributed by atoms with Crippen molar-refractivity contribution in [3.05, 3.63) is 129 Å². The second-order valence-corrected chi connectivity index (χ2v) is 15.3. The fourth-order valence-electron chi connectivity index (χ4n) is 6.09. The highest BCUT2D eigenvalue weighted by Crippen LogP contribution is 2.38. The molecule has 1 aliphatic carbocycles. The van der Waals surface area contributed by atoms with Crippen LogP contribution in [0.25, 0.3) is 0 Å². The lowest BCUT2D eigenvalue weighted by atomic mass is 9.94. The minimum atomic E-state index is -4.93. The van der Waals surface area contributed by atoms with Crippen LogP contribution in [0.1, 0.15) is 48.8 Å². The van der Waals surface area contributed by atoms with Crippen LogP contribution in [0.3, 0.4) is 0 Å². The summed E-state index contributed by atoms with van der Waals surface area (Å²) in [6, 6.07) is 22.0. The van der Waals surface area contributed by atoms with Crippen molar-refractivity contribution in [3.8, 4) is 0 Å². The van der Waals surface area contributed by atoms with Gasteiger partial charge in [-0.15, -0.1) is 0 Å². The molecule has 0 heterocycles. The highest BCUT2D eigenvalue weighted by Gasteiger charge is 2.38. The van der Waals surface area contributed by atoms with Gasteiger partial charge in [-0.1, -0.05) is 109 Å². The Balaban J connectivity index is 1.63. The van der Waals surface area contributed by atoms with Crippen molar-refractivity contribution in [3.63, 3.8) is 0 Å². The molecule has 0 aliphatic heterocycles. The molecule has 1 aliphatic rings. The minimum Gasteiger partial charge on any atom is -0.352 e. The normalized spacial score (nSPS) is 14.5. The Labute approximate surface area is 310 Å². The Morgan fingerprint density at radius 1 is 0.804 bits per heavy atom. The molecule has 1 unspecified atom stereocenters. The standard InChI is InChI=1S/C37H35Cl3F3N3O4S/c38-31-17-10-18-32(39)29(31)23-45(34(21-25-11-4-1-5-12-25)36(48)44-26-13-6-2-7-14-26)35(47)24-46(51(49,50)28-15-8-3-9-16-28)27-19-20-33(40)30(22-27)37(41,42)43/h1,3-5,8-12,15-20,22,26,34H,2,6-7,13-14,21,23-24H2,(H,44,48). The number of anilines is 1. The van der Waals surface area contributed by atoms with Gasteiger partial charge in [-0.25, -0.2) is 8.42 Å². The van der Waals surface area contributed by atoms with Crippen molar-refractivity contribution in [1.82, 2.24) is 10.2 Å². The van der Waals surface area contributed by atoms with Gasteiger partial charge in [0, 0.05) is 34.6 Å². The topological polar surface area (TPSA) is 86.8 Å². The zero-order chi connectivity index (χ0) is 36.8. The Kier molecular flexibility index (Phi) is 12.6. The molecule has 7 nitrogen and oxygen atoms in total. The summed E-state index contributed by atoms with van der Waals surface area (Å²) in [5.74, 6) is -1.35. The molecule has 1 atom stereocenters. The molecule has 0 aromatic heterocycles. The zero-order valence-electron chi connectivity index (χ0n) is 27.3. The molecule has 0 bridgehead atoms. The van der Waals surface area contributed by atoms with Gasteiger partial charge in [0.05, 0.1) is 21.2 Å². The van der Waals surface area contributed by atoms with E-state index < -0.39 is 56.9 Å². The first-order chi connectivity index (χ1) is 24.3. The van der Waals surface area contributed by atoms with Crippen molar-refractivity contribution >= 4 is 62.3 Å². The molecule has 0 saturated heterocycles. The number of nitrogens with one attached hydrogen (secondary N) is 1. The van der Waals surface area contributed by atoms with Crippen LogP contribution in [0.5, 0.6) is 0 Å². The number of hydrogen-bond acceptors (Lipinski definition) is 4. The van der Waals surface area contributed by atoms with Crippen LogP contribution in [0.2, 0.25) is 15.1 Å². The molecule has 1 saturated carbocycles. The maximum Gasteiger partial charge on any atom is 0.417 e. The Hall–Kier alpha value is -3.77. The zero-order valence-corrected chi connectivity index (χ0v) is 30.3. The minimum absolute atomic E-state index is 0.0395. The molecule has 0 spiro atoms. The number of nitrogens with zero attached hydrogens (tertiary/aromatic N) is 2. The van der Waals surface area contributed by atoms with E-state index in [4.69, 9.17) is 34.8 Å². The second-order valence-electron chi connectivity index (χ2n) is 12.3. The number of amides is 2. The van der Waals surface area contributed by atoms with Gasteiger partial charge < -0.3 is 10.2 Å². The highest BCUT2D eigenvalue weighted by atomic mass is 35.5. The first kappa shape index (κ1) is 38.5. The number of rotatable bonds is 12. The van der Waals surface area contributed by atoms with Crippen LogP contribution < -0.4 is 9.62 Å². The van der Waals surface area contributed by atoms with Gasteiger partial charge >= 0.3 is 6.18 Å². The number of hydrogen-bond donors (Lipinski definition) is 1. The smallest absolute Gasteiger partial charge is 0.352 e. The van der Waals surface area contributed by atoms with Gasteiger partial charge in [0.25, 0.3) is 10.0 Å². The van der Waals surface area contributed by atoms with Crippen LogP contribution in [-0.4, -0.2) is 43.8 Å². The number of sulfonamides is 1. The fourth-order valence-corrected chi connectivity index (χ4v) is 8.25. The number of carbonyl (C=O) groups is 2. The molecule has 4 aromatic carbocycles. The summed E-state index contributed by atoms with van der Waals surface area (Å²) in [5, 5.41) is 2.85. The molecule has 4 aromatic rings. The van der Waals surface area contributed by atoms with E-state index in [0.717, 1.165) is 44.2 Å². The van der Waals surface area contributed by atoms with Crippen LogP contribution >= 0.6 is 34.8 Å². The van der Waals surface area contributed by atoms with E-state index in [1.807, 2.05) is 0 Å². The van der Waals surface area contributed by atoms with Crippen molar-refractivity contribution in [2.75, 3.05) is 10.8 Å². The van der Waals surface area contributed by atoms with Gasteiger partial charge in [0.1, 0.15) is 12.6 Å². The summed E-state index contributed by atoms with van der Waals surface area (Å²) < 4.78 is 71.0. The van der Waals surface area contributed by atoms with Crippen LogP contribution in [0.4, 0.5) is 18.9 Å². The van der Waals surface area contributed by atoms with Crippen LogP contribution in [0, 0.1) is 0 Å². The lowest BCUT2D eigenvalue weighted by Crippen LogP contribution is -2.55. The van der Waals surface area contributed by atoms with Gasteiger partial charge in [-0.05, 0) is 60.9 Å². The van der Waals surface area contributed by atoms with E-state index in [0.29, 0.717) is 21.5 Å². The Bertz CT molecular complexity index is 1920. The maximum absolute atomic E-state index is 14.7. The lowest BCUT2D eigenvalue weighted by Gasteiger charge is -2.35. The maximum atomic E-state index is 14.7. The molecule has 2 amide bonds.